The number of carbonyl (C=O) groups excluding carboxylic acids is 8. The highest BCUT2D eigenvalue weighted by atomic mass is 32.2. The molecule has 0 spiro atoms. The van der Waals surface area contributed by atoms with Crippen molar-refractivity contribution in [1.29, 1.82) is 0 Å². The maximum Gasteiger partial charge on any atom is 0.280 e. The van der Waals surface area contributed by atoms with E-state index in [-0.39, 0.29) is 122 Å². The van der Waals surface area contributed by atoms with E-state index in [1.807, 2.05) is 70.7 Å². The zero-order valence-electron chi connectivity index (χ0n) is 82.7. The third-order valence-corrected chi connectivity index (χ3v) is 32.4. The van der Waals surface area contributed by atoms with Crippen molar-refractivity contribution >= 4 is 126 Å². The molecule has 15 heterocycles. The lowest BCUT2D eigenvalue weighted by Crippen LogP contribution is -2.41. The summed E-state index contributed by atoms with van der Waals surface area (Å²) in [7, 11) is -3.10. The SMILES string of the molecule is CC[C@@H](C)Nc1cc(C)c(-c2sc(C(=O)NC3CCOCC3)nc2C(=O)N2CC(F)(F)C[C@@H]2C)cn1.CC[C@@H](C)Nc1cc(C)c(-c2sc(C(=O)NC3CCS(=O)(=O)CC3)nc2C(=O)N2CC(F)(F)C[C@@H]2C)cn1.CC[C@@H](C)Nc1cc(C)c(-c2sc(C(=O)N[C@H](C)CO)nc2C(=O)N2C3CCC2CC3)cn1.CC[C@@H](C)Nc1cc(C)c(-c2sc(C(=O)N[C@H](C)CO)nc2C(=O)N2CC(F)(F)C[C@@H]2C)cn1. The molecule has 8 aromatic heterocycles. The summed E-state index contributed by atoms with van der Waals surface area (Å²) in [5.41, 5.74) is 6.25. The summed E-state index contributed by atoms with van der Waals surface area (Å²) in [6.45, 7) is 30.8. The van der Waals surface area contributed by atoms with Gasteiger partial charge in [0.05, 0.1) is 63.9 Å². The number of hydrogen-bond acceptors (Lipinski definition) is 29. The molecule has 44 heteroatoms. The van der Waals surface area contributed by atoms with Crippen molar-refractivity contribution in [3.05, 3.63) is 114 Å². The third kappa shape index (κ3) is 27.3. The summed E-state index contributed by atoms with van der Waals surface area (Å²) in [4.78, 5) is 148. The molecule has 0 aliphatic carbocycles. The van der Waals surface area contributed by atoms with E-state index in [4.69, 9.17) is 4.74 Å². The molecule has 0 saturated carbocycles. The standard InChI is InChI=1S/C25H33F2N5O4S2.C25H33F2N5O3S.C24H33N5O3S.C23H31F2N5O3S/c1-5-15(3)29-19-10-14(2)18(12-28-19)21-20(24(34)32-13-25(26,27)11-16(32)4)31-23(37-21)22(33)30-17-6-8-38(35,36)9-7-17;1-5-15(3)29-19-10-14(2)18(12-28-19)21-20(24(34)32-13-25(26,27)11-16(32)4)31-23(36-21)22(33)30-17-6-8-35-9-7-17;1-5-14(3)26-19-10-13(2)18(11-25-19)21-20(24(32)29-16-6-7-17(29)9-8-16)28-23(33-21)22(31)27-15(4)12-30;1-6-13(3)27-17-7-12(2)16(9-26-17)19-18(22(33)30-11-23(24,25)8-15(30)5)29-21(34-19)20(32)28-14(4)10-31/h10,12,15-17H,5-9,11,13H2,1-4H3,(H,28,29)(H,30,33);10,12,15-17H,5-9,11,13H2,1-4H3,(H,28,29)(H,30,33);10-11,14-17,30H,5-9,12H2,1-4H3,(H,25,26)(H,27,31);7,9,13-15,31H,6,8,10-11H2,1-5H3,(H,26,27)(H,28,32)/t2*15-,16+;14-,15-,16?,17?;13-,14-,15+/m1111/s1. The molecular formula is C97H130F6N20O13S5. The number of nitrogens with zero attached hydrogens (tertiary/aromatic N) is 12. The molecule has 8 amide bonds. The van der Waals surface area contributed by atoms with E-state index in [0.717, 1.165) is 134 Å². The molecule has 7 aliphatic heterocycles. The number of aromatic nitrogens is 8. The van der Waals surface area contributed by atoms with Crippen molar-refractivity contribution in [2.45, 2.75) is 310 Å². The highest BCUT2D eigenvalue weighted by Crippen LogP contribution is 2.46. The Morgan fingerprint density at radius 1 is 0.411 bits per heavy atom. The van der Waals surface area contributed by atoms with Gasteiger partial charge in [0.1, 0.15) is 55.9 Å². The first-order chi connectivity index (χ1) is 66.6. The van der Waals surface area contributed by atoms with Gasteiger partial charge in [0.25, 0.3) is 65.0 Å². The average Bonchev–Trinajstić information content (AvgIpc) is 1.63. The minimum Gasteiger partial charge on any atom is -0.394 e. The smallest absolute Gasteiger partial charge is 0.280 e. The number of aryl methyl sites for hydroxylation is 4. The van der Waals surface area contributed by atoms with Crippen LogP contribution in [0.15, 0.2) is 49.1 Å². The maximum absolute atomic E-state index is 14.1. The van der Waals surface area contributed by atoms with Crippen LogP contribution < -0.4 is 42.5 Å². The van der Waals surface area contributed by atoms with Crippen LogP contribution in [0.5, 0.6) is 0 Å². The molecule has 33 nitrogen and oxygen atoms in total. The number of nitrogens with one attached hydrogen (secondary N) is 8. The topological polar surface area (TPSA) is 433 Å². The van der Waals surface area contributed by atoms with Crippen LogP contribution in [-0.4, -0.2) is 279 Å². The van der Waals surface area contributed by atoms with Crippen molar-refractivity contribution < 1.29 is 88.1 Å². The van der Waals surface area contributed by atoms with E-state index < -0.39 is 126 Å². The average molecular weight is 2060 g/mol. The Kier molecular flexibility index (Phi) is 36.4. The fraction of sp³-hybridized carbons (Fsp3) is 0.588. The molecule has 2 bridgehead atoms. The Balaban J connectivity index is 0.000000168. The number of carbonyl (C=O) groups is 8. The number of likely N-dealkylation sites (tertiary alicyclic amines) is 3. The minimum atomic E-state index is -3.10. The summed E-state index contributed by atoms with van der Waals surface area (Å²) in [6.07, 6.45) is 15.2. The third-order valence-electron chi connectivity index (χ3n) is 26.3. The molecule has 9 atom stereocenters. The number of aliphatic hydroxyl groups is 2. The van der Waals surface area contributed by atoms with Crippen LogP contribution in [-0.2, 0) is 14.6 Å². The van der Waals surface area contributed by atoms with Crippen molar-refractivity contribution in [2.75, 3.05) is 78.8 Å². The highest BCUT2D eigenvalue weighted by molar-refractivity contribution is 7.91. The van der Waals surface area contributed by atoms with Crippen LogP contribution in [0.1, 0.15) is 290 Å². The second kappa shape index (κ2) is 46.9. The fourth-order valence-electron chi connectivity index (χ4n) is 17.5. The Morgan fingerprint density at radius 3 is 0.922 bits per heavy atom. The van der Waals surface area contributed by atoms with E-state index >= 15 is 0 Å². The Hall–Kier alpha value is -10.5. The molecule has 7 aliphatic rings. The van der Waals surface area contributed by atoms with Crippen molar-refractivity contribution in [2.24, 2.45) is 0 Å². The molecule has 10 N–H and O–H groups in total. The van der Waals surface area contributed by atoms with Crippen molar-refractivity contribution in [1.82, 2.24) is 80.7 Å². The number of fused-ring (bicyclic) bond motifs is 2. The number of amides is 8. The van der Waals surface area contributed by atoms with Gasteiger partial charge in [0, 0.05) is 158 Å². The number of anilines is 4. The number of sulfone groups is 1. The lowest BCUT2D eigenvalue weighted by molar-refractivity contribution is 0.0115. The van der Waals surface area contributed by atoms with Gasteiger partial charge in [-0.1, -0.05) is 27.7 Å². The summed E-state index contributed by atoms with van der Waals surface area (Å²) in [5.74, 6) is -9.94. The summed E-state index contributed by atoms with van der Waals surface area (Å²) in [6, 6.07) is 5.79. The molecule has 7 saturated heterocycles. The van der Waals surface area contributed by atoms with Gasteiger partial charge in [0.2, 0.25) is 0 Å². The van der Waals surface area contributed by atoms with Gasteiger partial charge < -0.3 is 77.1 Å². The van der Waals surface area contributed by atoms with Crippen LogP contribution in [0.25, 0.3) is 41.8 Å². The number of rotatable bonds is 30. The van der Waals surface area contributed by atoms with Gasteiger partial charge >= 0.3 is 0 Å². The van der Waals surface area contributed by atoms with Gasteiger partial charge in [-0.05, 0) is 214 Å². The van der Waals surface area contributed by atoms with E-state index in [2.05, 4.69) is 124 Å². The first-order valence-electron chi connectivity index (χ1n) is 48.2. The van der Waals surface area contributed by atoms with Crippen molar-refractivity contribution in [3.8, 4) is 41.8 Å². The minimum absolute atomic E-state index is 0.00619. The molecular weight excluding hydrogens is 1930 g/mol. The number of pyridine rings is 4. The molecule has 8 aromatic rings. The molecule has 0 radical (unpaired) electrons. The van der Waals surface area contributed by atoms with Gasteiger partial charge in [-0.2, -0.15) is 0 Å². The normalized spacial score (nSPS) is 20.7. The van der Waals surface area contributed by atoms with Crippen LogP contribution in [0.2, 0.25) is 0 Å². The summed E-state index contributed by atoms with van der Waals surface area (Å²) < 4.78 is 113. The second-order valence-corrected chi connectivity index (χ2v) is 44.5. The predicted molar refractivity (Wildman–Crippen MR) is 535 cm³/mol. The highest BCUT2D eigenvalue weighted by Gasteiger charge is 2.51. The number of alkyl halides is 6. The summed E-state index contributed by atoms with van der Waals surface area (Å²) in [5, 5.41) is 43.3. The monoisotopic (exact) mass is 2060 g/mol. The molecule has 768 valence electrons. The lowest BCUT2D eigenvalue weighted by Gasteiger charge is -2.22. The lowest BCUT2D eigenvalue weighted by atomic mass is 10.0. The van der Waals surface area contributed by atoms with Crippen LogP contribution in [0, 0.1) is 27.7 Å². The number of thiazole rings is 4. The van der Waals surface area contributed by atoms with Crippen LogP contribution in [0.4, 0.5) is 49.6 Å². The number of hydrogen-bond donors (Lipinski definition) is 10. The number of halogens is 6. The predicted octanol–water partition coefficient (Wildman–Crippen LogP) is 15.7. The van der Waals surface area contributed by atoms with Crippen LogP contribution >= 0.6 is 45.3 Å². The maximum atomic E-state index is 14.1. The molecule has 15 rings (SSSR count). The van der Waals surface area contributed by atoms with E-state index in [9.17, 15) is 83.3 Å². The first kappa shape index (κ1) is 109. The van der Waals surface area contributed by atoms with Crippen LogP contribution in [0.3, 0.4) is 0 Å². The van der Waals surface area contributed by atoms with E-state index in [1.165, 1.54) is 11.3 Å². The van der Waals surface area contributed by atoms with E-state index in [1.54, 1.807) is 59.4 Å². The second-order valence-electron chi connectivity index (χ2n) is 38.2. The van der Waals surface area contributed by atoms with Gasteiger partial charge in [0.15, 0.2) is 20.0 Å². The van der Waals surface area contributed by atoms with Gasteiger partial charge in [-0.15, -0.1) is 45.3 Å². The van der Waals surface area contributed by atoms with E-state index in [0.29, 0.717) is 104 Å². The van der Waals surface area contributed by atoms with Crippen molar-refractivity contribution in [3.63, 3.8) is 0 Å². The molecule has 0 aromatic carbocycles. The molecule has 0 unspecified atom stereocenters. The fourth-order valence-corrected chi connectivity index (χ4v) is 23.2. The zero-order chi connectivity index (χ0) is 103. The number of ether oxygens (including phenoxy) is 1. The van der Waals surface area contributed by atoms with Gasteiger partial charge in [-0.3, -0.25) is 38.4 Å². The number of aliphatic hydroxyl groups excluding tert-OH is 2. The Bertz CT molecular complexity index is 5930. The molecule has 141 heavy (non-hydrogen) atoms. The largest absolute Gasteiger partial charge is 0.394 e. The van der Waals surface area contributed by atoms with Gasteiger partial charge in [-0.25, -0.2) is 74.6 Å². The zero-order valence-corrected chi connectivity index (χ0v) is 86.7. The molecule has 7 fully saturated rings. The summed E-state index contributed by atoms with van der Waals surface area (Å²) >= 11 is 4.29. The first-order valence-corrected chi connectivity index (χ1v) is 53.3. The quantitative estimate of drug-likeness (QED) is 0.0187. The Morgan fingerprint density at radius 2 is 0.674 bits per heavy atom. The Labute approximate surface area is 834 Å².